The fourth-order valence-electron chi connectivity index (χ4n) is 3.68. The number of halogens is 1. The molecular formula is C24H20FNO3. The van der Waals surface area contributed by atoms with Crippen LogP contribution in [0.4, 0.5) is 10.1 Å². The van der Waals surface area contributed by atoms with Gasteiger partial charge in [-0.25, -0.2) is 4.39 Å². The first-order chi connectivity index (χ1) is 13.9. The highest BCUT2D eigenvalue weighted by molar-refractivity contribution is 6.10. The largest absolute Gasteiger partial charge is 0.375 e. The summed E-state index contributed by atoms with van der Waals surface area (Å²) in [5, 5.41) is 11.3. The third-order valence-corrected chi connectivity index (χ3v) is 5.28. The van der Waals surface area contributed by atoms with Gasteiger partial charge in [0.05, 0.1) is 18.7 Å². The molecule has 1 amide bonds. The first-order valence-electron chi connectivity index (χ1n) is 9.37. The van der Waals surface area contributed by atoms with Gasteiger partial charge in [0.15, 0.2) is 11.4 Å². The molecule has 29 heavy (non-hydrogen) atoms. The summed E-state index contributed by atoms with van der Waals surface area (Å²) < 4.78 is 13.2. The van der Waals surface area contributed by atoms with E-state index in [4.69, 9.17) is 0 Å². The second-order valence-electron chi connectivity index (χ2n) is 7.36. The number of anilines is 1. The third-order valence-electron chi connectivity index (χ3n) is 5.28. The molecule has 3 aromatic rings. The molecule has 0 fully saturated rings. The molecule has 146 valence electrons. The van der Waals surface area contributed by atoms with Crippen molar-refractivity contribution in [3.8, 4) is 0 Å². The van der Waals surface area contributed by atoms with Crippen molar-refractivity contribution in [2.24, 2.45) is 0 Å². The van der Waals surface area contributed by atoms with Gasteiger partial charge in [-0.3, -0.25) is 9.59 Å². The molecule has 0 bridgehead atoms. The van der Waals surface area contributed by atoms with Crippen molar-refractivity contribution < 1.29 is 19.1 Å². The minimum Gasteiger partial charge on any atom is -0.375 e. The van der Waals surface area contributed by atoms with Crippen molar-refractivity contribution in [1.29, 1.82) is 0 Å². The fraction of sp³-hybridized carbons (Fsp3) is 0.167. The smallest absolute Gasteiger partial charge is 0.264 e. The van der Waals surface area contributed by atoms with Gasteiger partial charge in [-0.05, 0) is 42.8 Å². The molecule has 0 radical (unpaired) electrons. The van der Waals surface area contributed by atoms with E-state index in [9.17, 15) is 19.1 Å². The number of hydrogen-bond acceptors (Lipinski definition) is 3. The lowest BCUT2D eigenvalue weighted by Gasteiger charge is -2.23. The van der Waals surface area contributed by atoms with Crippen LogP contribution in [0.2, 0.25) is 0 Å². The van der Waals surface area contributed by atoms with Crippen LogP contribution >= 0.6 is 0 Å². The minimum absolute atomic E-state index is 0.252. The topological polar surface area (TPSA) is 57.6 Å². The highest BCUT2D eigenvalue weighted by Gasteiger charge is 2.50. The lowest BCUT2D eigenvalue weighted by Crippen LogP contribution is -2.41. The molecule has 5 heteroatoms. The maximum absolute atomic E-state index is 13.2. The second-order valence-corrected chi connectivity index (χ2v) is 7.36. The Morgan fingerprint density at radius 3 is 2.34 bits per heavy atom. The Morgan fingerprint density at radius 1 is 1.00 bits per heavy atom. The Labute approximate surface area is 168 Å². The normalized spacial score (nSPS) is 18.0. The monoisotopic (exact) mass is 389 g/mol. The number of benzene rings is 3. The van der Waals surface area contributed by atoms with E-state index in [1.807, 2.05) is 31.2 Å². The number of Topliss-reactive ketones (excluding diaryl/α,β-unsaturated/α-hetero) is 1. The van der Waals surface area contributed by atoms with Crippen molar-refractivity contribution in [3.63, 3.8) is 0 Å². The van der Waals surface area contributed by atoms with Gasteiger partial charge in [0, 0.05) is 11.1 Å². The summed E-state index contributed by atoms with van der Waals surface area (Å²) in [5.41, 5.74) is 1.34. The number of amides is 1. The summed E-state index contributed by atoms with van der Waals surface area (Å²) in [6.07, 6.45) is -0.404. The summed E-state index contributed by atoms with van der Waals surface area (Å²) in [6, 6.07) is 19.8. The van der Waals surface area contributed by atoms with E-state index in [0.717, 1.165) is 11.1 Å². The molecule has 0 spiro atoms. The summed E-state index contributed by atoms with van der Waals surface area (Å²) in [7, 11) is 0. The average Bonchev–Trinajstić information content (AvgIpc) is 2.92. The van der Waals surface area contributed by atoms with Crippen LogP contribution in [-0.2, 0) is 16.9 Å². The van der Waals surface area contributed by atoms with Crippen molar-refractivity contribution in [2.45, 2.75) is 25.5 Å². The van der Waals surface area contributed by atoms with E-state index < -0.39 is 29.5 Å². The van der Waals surface area contributed by atoms with Gasteiger partial charge < -0.3 is 10.0 Å². The van der Waals surface area contributed by atoms with Gasteiger partial charge in [-0.1, -0.05) is 48.0 Å². The van der Waals surface area contributed by atoms with Crippen molar-refractivity contribution in [3.05, 3.63) is 101 Å². The van der Waals surface area contributed by atoms with Crippen LogP contribution in [0.5, 0.6) is 0 Å². The number of nitrogens with zero attached hydrogens (tertiary/aromatic N) is 1. The number of aryl methyl sites for hydroxylation is 1. The minimum atomic E-state index is -1.95. The standard InChI is InChI=1S/C24H20FNO3/c1-16-6-8-17(9-7-16)15-26-21-5-3-2-4-20(21)24(29,23(26)28)14-22(27)18-10-12-19(25)13-11-18/h2-13,29H,14-15H2,1H3/t24-/m0/s1. The average molecular weight is 389 g/mol. The maximum Gasteiger partial charge on any atom is 0.264 e. The van der Waals surface area contributed by atoms with E-state index >= 15 is 0 Å². The van der Waals surface area contributed by atoms with Crippen LogP contribution in [0.15, 0.2) is 72.8 Å². The molecule has 1 N–H and O–H groups in total. The quantitative estimate of drug-likeness (QED) is 0.667. The zero-order valence-corrected chi connectivity index (χ0v) is 15.9. The molecule has 4 rings (SSSR count). The Kier molecular flexibility index (Phi) is 4.76. The van der Waals surface area contributed by atoms with Gasteiger partial charge in [0.1, 0.15) is 5.82 Å². The summed E-state index contributed by atoms with van der Waals surface area (Å²) >= 11 is 0. The van der Waals surface area contributed by atoms with Crippen LogP contribution in [-0.4, -0.2) is 16.8 Å². The molecule has 3 aromatic carbocycles. The zero-order chi connectivity index (χ0) is 20.6. The van der Waals surface area contributed by atoms with Crippen molar-refractivity contribution in [2.75, 3.05) is 4.90 Å². The number of para-hydroxylation sites is 1. The van der Waals surface area contributed by atoms with E-state index in [1.165, 1.54) is 29.2 Å². The molecule has 0 aromatic heterocycles. The van der Waals surface area contributed by atoms with Gasteiger partial charge >= 0.3 is 0 Å². The highest BCUT2D eigenvalue weighted by atomic mass is 19.1. The number of fused-ring (bicyclic) bond motifs is 1. The van der Waals surface area contributed by atoms with Crippen LogP contribution in [0.1, 0.15) is 33.5 Å². The molecule has 0 unspecified atom stereocenters. The predicted molar refractivity (Wildman–Crippen MR) is 108 cm³/mol. The third kappa shape index (κ3) is 3.45. The number of aliphatic hydroxyl groups is 1. The van der Waals surface area contributed by atoms with Gasteiger partial charge in [-0.2, -0.15) is 0 Å². The molecule has 0 saturated heterocycles. The molecular weight excluding hydrogens is 369 g/mol. The van der Waals surface area contributed by atoms with Crippen molar-refractivity contribution in [1.82, 2.24) is 0 Å². The summed E-state index contributed by atoms with van der Waals surface area (Å²) in [6.45, 7) is 2.28. The first kappa shape index (κ1) is 19.0. The Hall–Kier alpha value is -3.31. The van der Waals surface area contributed by atoms with Crippen molar-refractivity contribution >= 4 is 17.4 Å². The van der Waals surface area contributed by atoms with E-state index in [-0.39, 0.29) is 5.56 Å². The fourth-order valence-corrected chi connectivity index (χ4v) is 3.68. The van der Waals surface area contributed by atoms with Gasteiger partial charge in [0.2, 0.25) is 0 Å². The molecule has 1 heterocycles. The summed E-state index contributed by atoms with van der Waals surface area (Å²) in [4.78, 5) is 27.5. The number of carbonyl (C=O) groups is 2. The number of carbonyl (C=O) groups excluding carboxylic acids is 2. The Balaban J connectivity index is 1.66. The second kappa shape index (κ2) is 7.26. The van der Waals surface area contributed by atoms with Crippen LogP contribution in [0.3, 0.4) is 0 Å². The molecule has 0 saturated carbocycles. The molecule has 1 aliphatic heterocycles. The van der Waals surface area contributed by atoms with Crippen LogP contribution < -0.4 is 4.90 Å². The highest BCUT2D eigenvalue weighted by Crippen LogP contribution is 2.43. The lowest BCUT2D eigenvalue weighted by atomic mass is 9.88. The van der Waals surface area contributed by atoms with Gasteiger partial charge in [-0.15, -0.1) is 0 Å². The summed E-state index contributed by atoms with van der Waals surface area (Å²) in [5.74, 6) is -1.41. The van der Waals surface area contributed by atoms with E-state index in [1.54, 1.807) is 24.3 Å². The molecule has 4 nitrogen and oxygen atoms in total. The van der Waals surface area contributed by atoms with E-state index in [2.05, 4.69) is 0 Å². The SMILES string of the molecule is Cc1ccc(CN2C(=O)[C@](O)(CC(=O)c3ccc(F)cc3)c3ccccc32)cc1. The Morgan fingerprint density at radius 2 is 1.66 bits per heavy atom. The molecule has 1 atom stereocenters. The zero-order valence-electron chi connectivity index (χ0n) is 15.9. The maximum atomic E-state index is 13.2. The van der Waals surface area contributed by atoms with Crippen LogP contribution in [0, 0.1) is 12.7 Å². The number of ketones is 1. The van der Waals surface area contributed by atoms with Crippen LogP contribution in [0.25, 0.3) is 0 Å². The predicted octanol–water partition coefficient (Wildman–Crippen LogP) is 4.14. The Bertz CT molecular complexity index is 1080. The molecule has 1 aliphatic rings. The van der Waals surface area contributed by atoms with E-state index in [0.29, 0.717) is 17.8 Å². The molecule has 0 aliphatic carbocycles. The van der Waals surface area contributed by atoms with Gasteiger partial charge in [0.25, 0.3) is 5.91 Å². The lowest BCUT2D eigenvalue weighted by molar-refractivity contribution is -0.136. The number of hydrogen-bond donors (Lipinski definition) is 1. The number of rotatable bonds is 5. The first-order valence-corrected chi connectivity index (χ1v) is 9.37.